The Hall–Kier alpha value is -1.14. The molecular formula is C12H19FN2O2S. The van der Waals surface area contributed by atoms with Crippen molar-refractivity contribution in [2.45, 2.75) is 25.7 Å². The molecule has 0 aromatic heterocycles. The highest BCUT2D eigenvalue weighted by molar-refractivity contribution is 7.89. The molecular weight excluding hydrogens is 255 g/mol. The van der Waals surface area contributed by atoms with Crippen molar-refractivity contribution < 1.29 is 12.8 Å². The molecule has 0 aliphatic carbocycles. The number of sulfonamides is 1. The predicted octanol–water partition coefficient (Wildman–Crippen LogP) is 2.07. The second-order valence-electron chi connectivity index (χ2n) is 4.54. The maximum Gasteiger partial charge on any atom is 0.245 e. The fraction of sp³-hybridized carbons (Fsp3) is 0.500. The van der Waals surface area contributed by atoms with Crippen LogP contribution in [0.2, 0.25) is 0 Å². The summed E-state index contributed by atoms with van der Waals surface area (Å²) in [4.78, 5) is -0.320. The molecule has 0 heterocycles. The summed E-state index contributed by atoms with van der Waals surface area (Å²) in [6.07, 6.45) is 0. The van der Waals surface area contributed by atoms with E-state index in [0.717, 1.165) is 6.07 Å². The number of rotatable bonds is 5. The van der Waals surface area contributed by atoms with Crippen LogP contribution in [0.15, 0.2) is 23.1 Å². The zero-order chi connectivity index (χ0) is 13.9. The minimum Gasteiger partial charge on any atom is -0.399 e. The van der Waals surface area contributed by atoms with Crippen LogP contribution >= 0.6 is 0 Å². The van der Waals surface area contributed by atoms with E-state index in [1.165, 1.54) is 16.4 Å². The van der Waals surface area contributed by atoms with Gasteiger partial charge in [-0.15, -0.1) is 0 Å². The van der Waals surface area contributed by atoms with Crippen LogP contribution in [0.3, 0.4) is 0 Å². The molecule has 0 radical (unpaired) electrons. The van der Waals surface area contributed by atoms with Crippen molar-refractivity contribution in [2.75, 3.05) is 18.8 Å². The first-order chi connectivity index (χ1) is 8.28. The largest absolute Gasteiger partial charge is 0.399 e. The van der Waals surface area contributed by atoms with Gasteiger partial charge in [0.05, 0.1) is 0 Å². The second-order valence-corrected chi connectivity index (χ2v) is 6.45. The normalized spacial score (nSPS) is 12.3. The van der Waals surface area contributed by atoms with Crippen LogP contribution in [0, 0.1) is 11.7 Å². The predicted molar refractivity (Wildman–Crippen MR) is 70.1 cm³/mol. The fourth-order valence-electron chi connectivity index (χ4n) is 1.67. The molecule has 0 amide bonds. The standard InChI is InChI=1S/C12H19FN2O2S/c1-4-15(8-9(2)3)18(16,17)12-6-5-10(14)7-11(12)13/h5-7,9H,4,8,14H2,1-3H3. The van der Waals surface area contributed by atoms with E-state index in [1.54, 1.807) is 6.92 Å². The number of nitrogens with two attached hydrogens (primary N) is 1. The average Bonchev–Trinajstić information content (AvgIpc) is 2.24. The van der Waals surface area contributed by atoms with E-state index in [9.17, 15) is 12.8 Å². The van der Waals surface area contributed by atoms with Gasteiger partial charge in [0, 0.05) is 18.8 Å². The molecule has 0 atom stereocenters. The van der Waals surface area contributed by atoms with Crippen LogP contribution in [0.5, 0.6) is 0 Å². The number of nitrogens with zero attached hydrogens (tertiary/aromatic N) is 1. The Morgan fingerprint density at radius 1 is 1.39 bits per heavy atom. The molecule has 1 aromatic carbocycles. The minimum absolute atomic E-state index is 0.177. The molecule has 6 heteroatoms. The molecule has 0 fully saturated rings. The molecule has 0 aliphatic rings. The van der Waals surface area contributed by atoms with Crippen LogP contribution in [0.4, 0.5) is 10.1 Å². The molecule has 0 bridgehead atoms. The van der Waals surface area contributed by atoms with Gasteiger partial charge in [-0.2, -0.15) is 4.31 Å². The van der Waals surface area contributed by atoms with Gasteiger partial charge >= 0.3 is 0 Å². The van der Waals surface area contributed by atoms with Crippen LogP contribution in [-0.2, 0) is 10.0 Å². The zero-order valence-electron chi connectivity index (χ0n) is 10.9. The van der Waals surface area contributed by atoms with Crippen molar-refractivity contribution in [3.8, 4) is 0 Å². The summed E-state index contributed by atoms with van der Waals surface area (Å²) in [6, 6.07) is 3.62. The summed E-state index contributed by atoms with van der Waals surface area (Å²) in [5, 5.41) is 0. The van der Waals surface area contributed by atoms with E-state index in [0.29, 0.717) is 13.1 Å². The van der Waals surface area contributed by atoms with Gasteiger partial charge < -0.3 is 5.73 Å². The summed E-state index contributed by atoms with van der Waals surface area (Å²) < 4.78 is 39.5. The summed E-state index contributed by atoms with van der Waals surface area (Å²) in [5.74, 6) is -0.631. The number of hydrogen-bond acceptors (Lipinski definition) is 3. The summed E-state index contributed by atoms with van der Waals surface area (Å²) in [6.45, 7) is 6.23. The van der Waals surface area contributed by atoms with Gasteiger partial charge in [-0.05, 0) is 24.1 Å². The number of anilines is 1. The van der Waals surface area contributed by atoms with Crippen LogP contribution in [-0.4, -0.2) is 25.8 Å². The molecule has 0 spiro atoms. The van der Waals surface area contributed by atoms with Crippen molar-refractivity contribution in [1.29, 1.82) is 0 Å². The van der Waals surface area contributed by atoms with Crippen LogP contribution in [0.1, 0.15) is 20.8 Å². The third kappa shape index (κ3) is 3.20. The van der Waals surface area contributed by atoms with Gasteiger partial charge in [-0.3, -0.25) is 0 Å². The van der Waals surface area contributed by atoms with Gasteiger partial charge in [0.1, 0.15) is 10.7 Å². The molecule has 18 heavy (non-hydrogen) atoms. The number of halogens is 1. The SMILES string of the molecule is CCN(CC(C)C)S(=O)(=O)c1ccc(N)cc1F. The van der Waals surface area contributed by atoms with Crippen molar-refractivity contribution in [3.05, 3.63) is 24.0 Å². The van der Waals surface area contributed by atoms with E-state index in [-0.39, 0.29) is 16.5 Å². The van der Waals surface area contributed by atoms with Gasteiger partial charge in [0.2, 0.25) is 10.0 Å². The maximum atomic E-state index is 13.7. The van der Waals surface area contributed by atoms with Gasteiger partial charge in [-0.1, -0.05) is 20.8 Å². The van der Waals surface area contributed by atoms with Crippen molar-refractivity contribution in [1.82, 2.24) is 4.31 Å². The summed E-state index contributed by atoms with van der Waals surface area (Å²) >= 11 is 0. The third-order valence-corrected chi connectivity index (χ3v) is 4.47. The minimum atomic E-state index is -3.79. The van der Waals surface area contributed by atoms with Gasteiger partial charge in [0.25, 0.3) is 0 Å². The first-order valence-electron chi connectivity index (χ1n) is 5.84. The molecule has 0 saturated heterocycles. The summed E-state index contributed by atoms with van der Waals surface area (Å²) in [5.41, 5.74) is 5.62. The fourth-order valence-corrected chi connectivity index (χ4v) is 3.33. The second kappa shape index (κ2) is 5.67. The maximum absolute atomic E-state index is 13.7. The third-order valence-electron chi connectivity index (χ3n) is 2.50. The highest BCUT2D eigenvalue weighted by Crippen LogP contribution is 2.21. The molecule has 102 valence electrons. The van der Waals surface area contributed by atoms with Crippen molar-refractivity contribution in [2.24, 2.45) is 5.92 Å². The Morgan fingerprint density at radius 3 is 2.44 bits per heavy atom. The summed E-state index contributed by atoms with van der Waals surface area (Å²) in [7, 11) is -3.79. The Labute approximate surface area is 108 Å². The lowest BCUT2D eigenvalue weighted by Gasteiger charge is -2.22. The monoisotopic (exact) mass is 274 g/mol. The van der Waals surface area contributed by atoms with Crippen LogP contribution < -0.4 is 5.73 Å². The van der Waals surface area contributed by atoms with E-state index >= 15 is 0 Å². The number of hydrogen-bond donors (Lipinski definition) is 1. The highest BCUT2D eigenvalue weighted by atomic mass is 32.2. The Bertz CT molecular complexity index is 515. The molecule has 0 saturated carbocycles. The Morgan fingerprint density at radius 2 is 2.00 bits per heavy atom. The Kier molecular flexibility index (Phi) is 4.70. The molecule has 1 rings (SSSR count). The van der Waals surface area contributed by atoms with Gasteiger partial charge in [0.15, 0.2) is 0 Å². The average molecular weight is 274 g/mol. The van der Waals surface area contributed by atoms with E-state index in [1.807, 2.05) is 13.8 Å². The quantitative estimate of drug-likeness (QED) is 0.836. The lowest BCUT2D eigenvalue weighted by molar-refractivity contribution is 0.378. The van der Waals surface area contributed by atoms with Crippen molar-refractivity contribution in [3.63, 3.8) is 0 Å². The number of benzene rings is 1. The zero-order valence-corrected chi connectivity index (χ0v) is 11.7. The molecule has 0 aliphatic heterocycles. The van der Waals surface area contributed by atoms with E-state index in [2.05, 4.69) is 0 Å². The lowest BCUT2D eigenvalue weighted by Crippen LogP contribution is -2.34. The van der Waals surface area contributed by atoms with E-state index < -0.39 is 15.8 Å². The van der Waals surface area contributed by atoms with Crippen LogP contribution in [0.25, 0.3) is 0 Å². The molecule has 4 nitrogen and oxygen atoms in total. The number of nitrogen functional groups attached to an aromatic ring is 1. The van der Waals surface area contributed by atoms with E-state index in [4.69, 9.17) is 5.73 Å². The van der Waals surface area contributed by atoms with Crippen molar-refractivity contribution >= 4 is 15.7 Å². The molecule has 1 aromatic rings. The lowest BCUT2D eigenvalue weighted by atomic mass is 10.2. The smallest absolute Gasteiger partial charge is 0.245 e. The first-order valence-corrected chi connectivity index (χ1v) is 7.28. The highest BCUT2D eigenvalue weighted by Gasteiger charge is 2.26. The van der Waals surface area contributed by atoms with Gasteiger partial charge in [-0.25, -0.2) is 12.8 Å². The topological polar surface area (TPSA) is 63.4 Å². The Balaban J connectivity index is 3.19. The first kappa shape index (κ1) is 14.9. The molecule has 2 N–H and O–H groups in total. The molecule has 0 unspecified atom stereocenters.